The van der Waals surface area contributed by atoms with Crippen molar-refractivity contribution < 1.29 is 9.15 Å². The lowest BCUT2D eigenvalue weighted by molar-refractivity contribution is 0.0143. The minimum Gasteiger partial charge on any atom is -0.467 e. The van der Waals surface area contributed by atoms with Crippen molar-refractivity contribution in [3.05, 3.63) is 24.2 Å². The molecule has 2 heterocycles. The molecule has 1 saturated heterocycles. The summed E-state index contributed by atoms with van der Waals surface area (Å²) in [5.74, 6) is 0.914. The Labute approximate surface area is 65.3 Å². The summed E-state index contributed by atoms with van der Waals surface area (Å²) in [6.07, 6.45) is 1.78. The summed E-state index contributed by atoms with van der Waals surface area (Å²) in [5.41, 5.74) is 0. The van der Waals surface area contributed by atoms with Gasteiger partial charge in [0.15, 0.2) is 0 Å². The molecule has 0 aliphatic carbocycles. The van der Waals surface area contributed by atoms with Crippen molar-refractivity contribution in [3.63, 3.8) is 0 Å². The highest BCUT2D eigenvalue weighted by Gasteiger charge is 2.17. The van der Waals surface area contributed by atoms with E-state index in [-0.39, 0.29) is 6.10 Å². The molecular formula is C8H11NO2. The fourth-order valence-corrected chi connectivity index (χ4v) is 1.22. The predicted molar refractivity (Wildman–Crippen MR) is 40.3 cm³/mol. The lowest BCUT2D eigenvalue weighted by atomic mass is 10.2. The summed E-state index contributed by atoms with van der Waals surface area (Å²) in [5, 5.41) is 3.24. The van der Waals surface area contributed by atoms with Gasteiger partial charge in [0, 0.05) is 13.1 Å². The fraction of sp³-hybridized carbons (Fsp3) is 0.500. The van der Waals surface area contributed by atoms with Gasteiger partial charge < -0.3 is 14.5 Å². The van der Waals surface area contributed by atoms with Crippen molar-refractivity contribution >= 4 is 0 Å². The lowest BCUT2D eigenvalue weighted by Crippen LogP contribution is -2.33. The molecule has 2 rings (SSSR count). The topological polar surface area (TPSA) is 34.4 Å². The van der Waals surface area contributed by atoms with E-state index < -0.39 is 0 Å². The number of hydrogen-bond acceptors (Lipinski definition) is 3. The summed E-state index contributed by atoms with van der Waals surface area (Å²) in [4.78, 5) is 0. The first kappa shape index (κ1) is 6.88. The summed E-state index contributed by atoms with van der Waals surface area (Å²) < 4.78 is 10.7. The maximum absolute atomic E-state index is 5.47. The molecule has 1 atom stereocenters. The predicted octanol–water partition coefficient (Wildman–Crippen LogP) is 0.940. The lowest BCUT2D eigenvalue weighted by Gasteiger charge is -2.21. The average molecular weight is 153 g/mol. The SMILES string of the molecule is c1coc([C@H]2CNCCO2)c1. The molecule has 3 nitrogen and oxygen atoms in total. The zero-order chi connectivity index (χ0) is 7.52. The first-order chi connectivity index (χ1) is 5.47. The van der Waals surface area contributed by atoms with Crippen molar-refractivity contribution in [2.45, 2.75) is 6.10 Å². The molecule has 60 valence electrons. The van der Waals surface area contributed by atoms with Crippen LogP contribution in [0.15, 0.2) is 22.8 Å². The Hall–Kier alpha value is -0.800. The molecule has 3 heteroatoms. The van der Waals surface area contributed by atoms with E-state index >= 15 is 0 Å². The van der Waals surface area contributed by atoms with Crippen LogP contribution in [0.5, 0.6) is 0 Å². The molecule has 1 N–H and O–H groups in total. The number of nitrogens with one attached hydrogen (secondary N) is 1. The largest absolute Gasteiger partial charge is 0.467 e. The summed E-state index contributed by atoms with van der Waals surface area (Å²) in [6, 6.07) is 3.82. The zero-order valence-corrected chi connectivity index (χ0v) is 6.25. The van der Waals surface area contributed by atoms with Crippen molar-refractivity contribution in [3.8, 4) is 0 Å². The zero-order valence-electron chi connectivity index (χ0n) is 6.25. The standard InChI is InChI=1S/C8H11NO2/c1-2-7(10-4-1)8-6-9-3-5-11-8/h1-2,4,8-9H,3,5-6H2/t8-/m1/s1. The monoisotopic (exact) mass is 153 g/mol. The van der Waals surface area contributed by atoms with Gasteiger partial charge in [0.25, 0.3) is 0 Å². The van der Waals surface area contributed by atoms with E-state index in [1.165, 1.54) is 0 Å². The van der Waals surface area contributed by atoms with Gasteiger partial charge in [0.1, 0.15) is 11.9 Å². The van der Waals surface area contributed by atoms with Gasteiger partial charge in [-0.25, -0.2) is 0 Å². The van der Waals surface area contributed by atoms with Crippen LogP contribution < -0.4 is 5.32 Å². The molecule has 1 aliphatic rings. The van der Waals surface area contributed by atoms with Crippen molar-refractivity contribution in [1.29, 1.82) is 0 Å². The first-order valence-corrected chi connectivity index (χ1v) is 3.82. The maximum Gasteiger partial charge on any atom is 0.133 e. The normalized spacial score (nSPS) is 25.3. The first-order valence-electron chi connectivity index (χ1n) is 3.82. The molecule has 0 radical (unpaired) electrons. The number of hydrogen-bond donors (Lipinski definition) is 1. The van der Waals surface area contributed by atoms with E-state index in [0.717, 1.165) is 25.5 Å². The second-order valence-electron chi connectivity index (χ2n) is 2.58. The van der Waals surface area contributed by atoms with Crippen LogP contribution in [-0.2, 0) is 4.74 Å². The molecule has 0 saturated carbocycles. The van der Waals surface area contributed by atoms with Gasteiger partial charge in [0.05, 0.1) is 12.9 Å². The Kier molecular flexibility index (Phi) is 1.92. The molecule has 1 aromatic rings. The minimum absolute atomic E-state index is 0.110. The van der Waals surface area contributed by atoms with Gasteiger partial charge >= 0.3 is 0 Å². The molecule has 0 bridgehead atoms. The molecule has 0 spiro atoms. The fourth-order valence-electron chi connectivity index (χ4n) is 1.22. The third kappa shape index (κ3) is 1.44. The number of ether oxygens (including phenoxy) is 1. The second kappa shape index (κ2) is 3.07. The highest BCUT2D eigenvalue weighted by Crippen LogP contribution is 2.18. The van der Waals surface area contributed by atoms with Crippen molar-refractivity contribution in [1.82, 2.24) is 5.32 Å². The van der Waals surface area contributed by atoms with Gasteiger partial charge in [-0.15, -0.1) is 0 Å². The van der Waals surface area contributed by atoms with Crippen molar-refractivity contribution in [2.24, 2.45) is 0 Å². The minimum atomic E-state index is 0.110. The Morgan fingerprint density at radius 2 is 2.55 bits per heavy atom. The third-order valence-corrected chi connectivity index (χ3v) is 1.79. The van der Waals surface area contributed by atoms with E-state index in [9.17, 15) is 0 Å². The van der Waals surface area contributed by atoms with Crippen LogP contribution in [0.3, 0.4) is 0 Å². The number of morpholine rings is 1. The highest BCUT2D eigenvalue weighted by atomic mass is 16.5. The van der Waals surface area contributed by atoms with Gasteiger partial charge in [0.2, 0.25) is 0 Å². The van der Waals surface area contributed by atoms with E-state index in [1.807, 2.05) is 12.1 Å². The molecule has 1 fully saturated rings. The van der Waals surface area contributed by atoms with Crippen molar-refractivity contribution in [2.75, 3.05) is 19.7 Å². The molecule has 1 aromatic heterocycles. The average Bonchev–Trinajstić information content (AvgIpc) is 2.58. The maximum atomic E-state index is 5.47. The highest BCUT2D eigenvalue weighted by molar-refractivity contribution is 5.03. The molecule has 11 heavy (non-hydrogen) atoms. The number of furan rings is 1. The molecular weight excluding hydrogens is 142 g/mol. The van der Waals surface area contributed by atoms with Crippen LogP contribution in [-0.4, -0.2) is 19.7 Å². The molecule has 0 aromatic carbocycles. The van der Waals surface area contributed by atoms with Gasteiger partial charge in [-0.05, 0) is 12.1 Å². The number of rotatable bonds is 1. The molecule has 0 amide bonds. The quantitative estimate of drug-likeness (QED) is 0.652. The smallest absolute Gasteiger partial charge is 0.133 e. The van der Waals surface area contributed by atoms with Crippen LogP contribution >= 0.6 is 0 Å². The van der Waals surface area contributed by atoms with E-state index in [1.54, 1.807) is 6.26 Å². The van der Waals surface area contributed by atoms with E-state index in [0.29, 0.717) is 0 Å². The third-order valence-electron chi connectivity index (χ3n) is 1.79. The Bertz CT molecular complexity index is 202. The van der Waals surface area contributed by atoms with Crippen LogP contribution in [0.2, 0.25) is 0 Å². The van der Waals surface area contributed by atoms with Crippen LogP contribution in [0.25, 0.3) is 0 Å². The van der Waals surface area contributed by atoms with E-state index in [2.05, 4.69) is 5.32 Å². The summed E-state index contributed by atoms with van der Waals surface area (Å²) >= 11 is 0. The van der Waals surface area contributed by atoms with Crippen LogP contribution in [0.1, 0.15) is 11.9 Å². The van der Waals surface area contributed by atoms with Gasteiger partial charge in [-0.1, -0.05) is 0 Å². The molecule has 1 aliphatic heterocycles. The summed E-state index contributed by atoms with van der Waals surface area (Å²) in [6.45, 7) is 2.57. The van der Waals surface area contributed by atoms with Crippen LogP contribution in [0, 0.1) is 0 Å². The Morgan fingerprint density at radius 1 is 1.55 bits per heavy atom. The molecule has 0 unspecified atom stereocenters. The van der Waals surface area contributed by atoms with E-state index in [4.69, 9.17) is 9.15 Å². The van der Waals surface area contributed by atoms with Crippen LogP contribution in [0.4, 0.5) is 0 Å². The second-order valence-corrected chi connectivity index (χ2v) is 2.58. The van der Waals surface area contributed by atoms with Gasteiger partial charge in [-0.3, -0.25) is 0 Å². The Balaban J connectivity index is 2.04. The Morgan fingerprint density at radius 3 is 3.18 bits per heavy atom. The van der Waals surface area contributed by atoms with Gasteiger partial charge in [-0.2, -0.15) is 0 Å². The summed E-state index contributed by atoms with van der Waals surface area (Å²) in [7, 11) is 0.